The van der Waals surface area contributed by atoms with Crippen LogP contribution in [0.1, 0.15) is 46.0 Å². The van der Waals surface area contributed by atoms with Gasteiger partial charge in [-0.25, -0.2) is 9.59 Å². The summed E-state index contributed by atoms with van der Waals surface area (Å²) in [4.78, 5) is 36.6. The van der Waals surface area contributed by atoms with Crippen LogP contribution in [0.15, 0.2) is 0 Å². The standard InChI is InChI=1S/C14H25N3O4/c1-3-4-7-11(13(19)20)16-14(21)15-10(2)12(18)17-8-5-6-9-17/h10-11H,3-9H2,1-2H3,(H,19,20)(H2,15,16,21). The van der Waals surface area contributed by atoms with Crippen LogP contribution in [0, 0.1) is 0 Å². The third-order valence-corrected chi connectivity index (χ3v) is 3.59. The number of carboxylic acid groups (broad SMARTS) is 1. The summed E-state index contributed by atoms with van der Waals surface area (Å²) in [5, 5.41) is 14.0. The first-order chi connectivity index (χ1) is 9.95. The molecule has 0 aromatic carbocycles. The SMILES string of the molecule is CCCCC(NC(=O)NC(C)C(=O)N1CCCC1)C(=O)O. The minimum Gasteiger partial charge on any atom is -0.480 e. The number of hydrogen-bond donors (Lipinski definition) is 3. The van der Waals surface area contributed by atoms with E-state index in [4.69, 9.17) is 5.11 Å². The largest absolute Gasteiger partial charge is 0.480 e. The topological polar surface area (TPSA) is 98.7 Å². The van der Waals surface area contributed by atoms with Crippen molar-refractivity contribution in [2.75, 3.05) is 13.1 Å². The van der Waals surface area contributed by atoms with E-state index >= 15 is 0 Å². The molecule has 7 heteroatoms. The molecular weight excluding hydrogens is 274 g/mol. The van der Waals surface area contributed by atoms with Gasteiger partial charge in [0.1, 0.15) is 12.1 Å². The summed E-state index contributed by atoms with van der Waals surface area (Å²) in [5.74, 6) is -1.18. The van der Waals surface area contributed by atoms with Crippen molar-refractivity contribution in [3.05, 3.63) is 0 Å². The molecule has 0 saturated carbocycles. The van der Waals surface area contributed by atoms with Gasteiger partial charge in [-0.05, 0) is 26.2 Å². The Labute approximate surface area is 125 Å². The van der Waals surface area contributed by atoms with E-state index in [0.29, 0.717) is 6.42 Å². The predicted octanol–water partition coefficient (Wildman–Crippen LogP) is 0.940. The molecule has 21 heavy (non-hydrogen) atoms. The Kier molecular flexibility index (Phi) is 6.98. The number of urea groups is 1. The lowest BCUT2D eigenvalue weighted by molar-refractivity contribution is -0.139. The second kappa shape index (κ2) is 8.49. The van der Waals surface area contributed by atoms with Crippen molar-refractivity contribution in [2.24, 2.45) is 0 Å². The number of carbonyl (C=O) groups is 3. The number of likely N-dealkylation sites (tertiary alicyclic amines) is 1. The number of rotatable bonds is 7. The number of nitrogens with zero attached hydrogens (tertiary/aromatic N) is 1. The zero-order valence-corrected chi connectivity index (χ0v) is 12.7. The van der Waals surface area contributed by atoms with E-state index in [-0.39, 0.29) is 5.91 Å². The van der Waals surface area contributed by atoms with E-state index in [0.717, 1.165) is 38.8 Å². The van der Waals surface area contributed by atoms with Crippen molar-refractivity contribution in [2.45, 2.75) is 58.0 Å². The fraction of sp³-hybridized carbons (Fsp3) is 0.786. The highest BCUT2D eigenvalue weighted by Crippen LogP contribution is 2.09. The third kappa shape index (κ3) is 5.61. The number of hydrogen-bond acceptors (Lipinski definition) is 3. The quantitative estimate of drug-likeness (QED) is 0.651. The Morgan fingerprint density at radius 2 is 1.81 bits per heavy atom. The fourth-order valence-electron chi connectivity index (χ4n) is 2.34. The van der Waals surface area contributed by atoms with Gasteiger partial charge in [-0.15, -0.1) is 0 Å². The number of nitrogens with one attached hydrogen (secondary N) is 2. The van der Waals surface area contributed by atoms with E-state index < -0.39 is 24.1 Å². The van der Waals surface area contributed by atoms with Gasteiger partial charge in [0.2, 0.25) is 5.91 Å². The summed E-state index contributed by atoms with van der Waals surface area (Å²) in [6.07, 6.45) is 3.94. The molecule has 2 atom stereocenters. The molecule has 2 unspecified atom stereocenters. The molecule has 0 aliphatic carbocycles. The van der Waals surface area contributed by atoms with Gasteiger partial charge in [0, 0.05) is 13.1 Å². The number of amides is 3. The molecule has 3 N–H and O–H groups in total. The molecule has 1 heterocycles. The second-order valence-corrected chi connectivity index (χ2v) is 5.40. The summed E-state index contributed by atoms with van der Waals surface area (Å²) in [7, 11) is 0. The van der Waals surface area contributed by atoms with Crippen LogP contribution in [-0.2, 0) is 9.59 Å². The predicted molar refractivity (Wildman–Crippen MR) is 77.9 cm³/mol. The van der Waals surface area contributed by atoms with Gasteiger partial charge in [0.05, 0.1) is 0 Å². The Bertz CT molecular complexity index is 380. The van der Waals surface area contributed by atoms with Gasteiger partial charge >= 0.3 is 12.0 Å². The number of unbranched alkanes of at least 4 members (excludes halogenated alkanes) is 1. The van der Waals surface area contributed by atoms with Crippen LogP contribution in [-0.4, -0.2) is 53.1 Å². The van der Waals surface area contributed by atoms with Crippen molar-refractivity contribution in [3.63, 3.8) is 0 Å². The lowest BCUT2D eigenvalue weighted by atomic mass is 10.1. The summed E-state index contributed by atoms with van der Waals surface area (Å²) < 4.78 is 0. The highest BCUT2D eigenvalue weighted by atomic mass is 16.4. The molecule has 0 spiro atoms. The zero-order chi connectivity index (χ0) is 15.8. The summed E-state index contributed by atoms with van der Waals surface area (Å²) >= 11 is 0. The minimum absolute atomic E-state index is 0.122. The molecule has 0 radical (unpaired) electrons. The van der Waals surface area contributed by atoms with E-state index in [2.05, 4.69) is 10.6 Å². The average molecular weight is 299 g/mol. The summed E-state index contributed by atoms with van der Waals surface area (Å²) in [5.41, 5.74) is 0. The third-order valence-electron chi connectivity index (χ3n) is 3.59. The first-order valence-electron chi connectivity index (χ1n) is 7.54. The Hall–Kier alpha value is -1.79. The molecule has 0 aromatic heterocycles. The maximum absolute atomic E-state index is 12.0. The lowest BCUT2D eigenvalue weighted by Crippen LogP contribution is -2.52. The first kappa shape index (κ1) is 17.3. The maximum atomic E-state index is 12.0. The van der Waals surface area contributed by atoms with Gasteiger partial charge in [0.15, 0.2) is 0 Å². The number of carbonyl (C=O) groups excluding carboxylic acids is 2. The molecule has 0 bridgehead atoms. The smallest absolute Gasteiger partial charge is 0.326 e. The molecular formula is C14H25N3O4. The van der Waals surface area contributed by atoms with E-state index in [1.54, 1.807) is 11.8 Å². The Balaban J connectivity index is 2.43. The van der Waals surface area contributed by atoms with E-state index in [1.807, 2.05) is 6.92 Å². The van der Waals surface area contributed by atoms with Crippen LogP contribution in [0.5, 0.6) is 0 Å². The normalized spacial score (nSPS) is 17.1. The van der Waals surface area contributed by atoms with Crippen LogP contribution < -0.4 is 10.6 Å². The van der Waals surface area contributed by atoms with Crippen LogP contribution in [0.3, 0.4) is 0 Å². The summed E-state index contributed by atoms with van der Waals surface area (Å²) in [6.45, 7) is 5.01. The van der Waals surface area contributed by atoms with Crippen molar-refractivity contribution in [1.29, 1.82) is 0 Å². The molecule has 1 saturated heterocycles. The second-order valence-electron chi connectivity index (χ2n) is 5.40. The zero-order valence-electron chi connectivity index (χ0n) is 12.7. The van der Waals surface area contributed by atoms with Crippen LogP contribution >= 0.6 is 0 Å². The molecule has 0 aromatic rings. The van der Waals surface area contributed by atoms with Gasteiger partial charge in [-0.3, -0.25) is 4.79 Å². The van der Waals surface area contributed by atoms with Crippen molar-refractivity contribution in [1.82, 2.24) is 15.5 Å². The van der Waals surface area contributed by atoms with Crippen molar-refractivity contribution >= 4 is 17.9 Å². The highest BCUT2D eigenvalue weighted by Gasteiger charge is 2.26. The van der Waals surface area contributed by atoms with Gasteiger partial charge in [-0.2, -0.15) is 0 Å². The molecule has 7 nitrogen and oxygen atoms in total. The molecule has 120 valence electrons. The van der Waals surface area contributed by atoms with E-state index in [1.165, 1.54) is 0 Å². The minimum atomic E-state index is -1.06. The molecule has 3 amide bonds. The first-order valence-corrected chi connectivity index (χ1v) is 7.54. The van der Waals surface area contributed by atoms with Gasteiger partial charge in [-0.1, -0.05) is 19.8 Å². The number of aliphatic carboxylic acids is 1. The Morgan fingerprint density at radius 3 is 2.33 bits per heavy atom. The van der Waals surface area contributed by atoms with Crippen LogP contribution in [0.25, 0.3) is 0 Å². The molecule has 1 aliphatic heterocycles. The van der Waals surface area contributed by atoms with Gasteiger partial charge < -0.3 is 20.6 Å². The molecule has 1 aliphatic rings. The van der Waals surface area contributed by atoms with Crippen LogP contribution in [0.4, 0.5) is 4.79 Å². The van der Waals surface area contributed by atoms with Crippen LogP contribution in [0.2, 0.25) is 0 Å². The summed E-state index contributed by atoms with van der Waals surface area (Å²) in [6, 6.07) is -2.18. The monoisotopic (exact) mass is 299 g/mol. The highest BCUT2D eigenvalue weighted by molar-refractivity contribution is 5.88. The Morgan fingerprint density at radius 1 is 1.19 bits per heavy atom. The average Bonchev–Trinajstić information content (AvgIpc) is 2.96. The van der Waals surface area contributed by atoms with Crippen molar-refractivity contribution < 1.29 is 19.5 Å². The lowest BCUT2D eigenvalue weighted by Gasteiger charge is -2.22. The molecule has 1 fully saturated rings. The molecule has 1 rings (SSSR count). The van der Waals surface area contributed by atoms with E-state index in [9.17, 15) is 14.4 Å². The fourth-order valence-corrected chi connectivity index (χ4v) is 2.34. The number of carboxylic acids is 1. The van der Waals surface area contributed by atoms with Gasteiger partial charge in [0.25, 0.3) is 0 Å². The maximum Gasteiger partial charge on any atom is 0.326 e. The van der Waals surface area contributed by atoms with Crippen molar-refractivity contribution in [3.8, 4) is 0 Å².